The molecule has 0 fully saturated rings. The van der Waals surface area contributed by atoms with Crippen LogP contribution in [0.4, 0.5) is 14.9 Å². The van der Waals surface area contributed by atoms with Crippen LogP contribution in [0.5, 0.6) is 0 Å². The van der Waals surface area contributed by atoms with Gasteiger partial charge in [0.05, 0.1) is 11.9 Å². The maximum Gasteiger partial charge on any atom is 0.412 e. The number of hydrogen-bond donors (Lipinski definition) is 1. The first-order chi connectivity index (χ1) is 6.88. The number of hydrogen-bond acceptors (Lipinski definition) is 3. The molecule has 0 unspecified atom stereocenters. The second kappa shape index (κ2) is 4.25. The summed E-state index contributed by atoms with van der Waals surface area (Å²) in [7, 11) is 0. The first-order valence-corrected chi connectivity index (χ1v) is 4.48. The fraction of sp³-hybridized carbons (Fsp3) is 0.400. The SMILES string of the molecule is CC(C)(C)OC(=O)Nc1cnccc1F. The first kappa shape index (κ1) is 11.4. The lowest BCUT2D eigenvalue weighted by Crippen LogP contribution is -2.27. The number of nitrogens with zero attached hydrogens (tertiary/aromatic N) is 1. The number of carbonyl (C=O) groups is 1. The molecule has 1 heterocycles. The molecule has 5 heteroatoms. The Balaban J connectivity index is 2.64. The van der Waals surface area contributed by atoms with E-state index in [-0.39, 0.29) is 5.69 Å². The van der Waals surface area contributed by atoms with Gasteiger partial charge in [0.2, 0.25) is 0 Å². The zero-order valence-corrected chi connectivity index (χ0v) is 8.87. The number of ether oxygens (including phenoxy) is 1. The third kappa shape index (κ3) is 3.93. The molecule has 0 aromatic carbocycles. The van der Waals surface area contributed by atoms with Crippen LogP contribution in [0.3, 0.4) is 0 Å². The summed E-state index contributed by atoms with van der Waals surface area (Å²) < 4.78 is 18.0. The molecule has 0 spiro atoms. The lowest BCUT2D eigenvalue weighted by Gasteiger charge is -2.19. The number of pyridine rings is 1. The number of aromatic nitrogens is 1. The number of anilines is 1. The number of rotatable bonds is 1. The first-order valence-electron chi connectivity index (χ1n) is 4.48. The molecule has 1 amide bonds. The molecule has 0 atom stereocenters. The Morgan fingerprint density at radius 2 is 2.20 bits per heavy atom. The highest BCUT2D eigenvalue weighted by Crippen LogP contribution is 2.13. The van der Waals surface area contributed by atoms with Gasteiger partial charge in [0, 0.05) is 6.20 Å². The van der Waals surface area contributed by atoms with Gasteiger partial charge in [-0.3, -0.25) is 10.3 Å². The maximum atomic E-state index is 13.1. The highest BCUT2D eigenvalue weighted by molar-refractivity contribution is 5.84. The summed E-state index contributed by atoms with van der Waals surface area (Å²) in [5.41, 5.74) is -0.602. The van der Waals surface area contributed by atoms with Gasteiger partial charge in [0.15, 0.2) is 0 Å². The molecule has 4 nitrogen and oxygen atoms in total. The normalized spacial score (nSPS) is 10.9. The number of halogens is 1. The van der Waals surface area contributed by atoms with Crippen molar-refractivity contribution in [3.05, 3.63) is 24.3 Å². The van der Waals surface area contributed by atoms with Crippen molar-refractivity contribution in [2.24, 2.45) is 0 Å². The summed E-state index contributed by atoms with van der Waals surface area (Å²) in [4.78, 5) is 14.9. The third-order valence-electron chi connectivity index (χ3n) is 1.40. The summed E-state index contributed by atoms with van der Waals surface area (Å²) in [6, 6.07) is 1.16. The molecular formula is C10H13FN2O2. The van der Waals surface area contributed by atoms with Crippen LogP contribution in [-0.2, 0) is 4.74 Å². The van der Waals surface area contributed by atoms with E-state index in [0.29, 0.717) is 0 Å². The highest BCUT2D eigenvalue weighted by atomic mass is 19.1. The van der Waals surface area contributed by atoms with Crippen LogP contribution >= 0.6 is 0 Å². The second-order valence-corrected chi connectivity index (χ2v) is 3.98. The van der Waals surface area contributed by atoms with E-state index in [9.17, 15) is 9.18 Å². The van der Waals surface area contributed by atoms with Crippen molar-refractivity contribution in [1.29, 1.82) is 0 Å². The Bertz CT molecular complexity index is 361. The van der Waals surface area contributed by atoms with Gasteiger partial charge in [-0.25, -0.2) is 9.18 Å². The van der Waals surface area contributed by atoms with Gasteiger partial charge < -0.3 is 4.74 Å². The van der Waals surface area contributed by atoms with Crippen molar-refractivity contribution in [2.75, 3.05) is 5.32 Å². The standard InChI is InChI=1S/C10H13FN2O2/c1-10(2,3)15-9(14)13-8-6-12-5-4-7(8)11/h4-6H,1-3H3,(H,13,14). The average Bonchev–Trinajstić information content (AvgIpc) is 2.05. The van der Waals surface area contributed by atoms with E-state index in [1.54, 1.807) is 20.8 Å². The average molecular weight is 212 g/mol. The second-order valence-electron chi connectivity index (χ2n) is 3.98. The predicted molar refractivity (Wildman–Crippen MR) is 54.1 cm³/mol. The van der Waals surface area contributed by atoms with E-state index in [4.69, 9.17) is 4.74 Å². The van der Waals surface area contributed by atoms with Gasteiger partial charge in [-0.2, -0.15) is 0 Å². The van der Waals surface area contributed by atoms with Crippen molar-refractivity contribution in [1.82, 2.24) is 4.98 Å². The fourth-order valence-electron chi connectivity index (χ4n) is 0.883. The summed E-state index contributed by atoms with van der Waals surface area (Å²) >= 11 is 0. The summed E-state index contributed by atoms with van der Waals surface area (Å²) in [6.07, 6.45) is 1.82. The molecule has 0 saturated heterocycles. The van der Waals surface area contributed by atoms with Crippen LogP contribution in [-0.4, -0.2) is 16.7 Å². The monoisotopic (exact) mass is 212 g/mol. The maximum absolute atomic E-state index is 13.1. The van der Waals surface area contributed by atoms with E-state index >= 15 is 0 Å². The molecule has 0 saturated carbocycles. The van der Waals surface area contributed by atoms with E-state index < -0.39 is 17.5 Å². The predicted octanol–water partition coefficient (Wildman–Crippen LogP) is 2.57. The van der Waals surface area contributed by atoms with Crippen LogP contribution in [0, 0.1) is 5.82 Å². The molecule has 1 aromatic rings. The highest BCUT2D eigenvalue weighted by Gasteiger charge is 2.17. The Morgan fingerprint density at radius 3 is 2.73 bits per heavy atom. The summed E-state index contributed by atoms with van der Waals surface area (Å²) in [5.74, 6) is -0.546. The molecule has 0 aliphatic heterocycles. The molecule has 0 aliphatic rings. The minimum absolute atomic E-state index is 0.00625. The Kier molecular flexibility index (Phi) is 3.24. The number of carbonyl (C=O) groups excluding carboxylic acids is 1. The van der Waals surface area contributed by atoms with Gasteiger partial charge in [0.25, 0.3) is 0 Å². The zero-order valence-electron chi connectivity index (χ0n) is 8.87. The van der Waals surface area contributed by atoms with E-state index in [0.717, 1.165) is 6.07 Å². The molecule has 0 bridgehead atoms. The lowest BCUT2D eigenvalue weighted by atomic mass is 10.2. The van der Waals surface area contributed by atoms with Crippen molar-refractivity contribution in [2.45, 2.75) is 26.4 Å². The minimum atomic E-state index is -0.700. The fourth-order valence-corrected chi connectivity index (χ4v) is 0.883. The molecule has 15 heavy (non-hydrogen) atoms. The van der Waals surface area contributed by atoms with Gasteiger partial charge in [-0.15, -0.1) is 0 Å². The topological polar surface area (TPSA) is 51.2 Å². The zero-order chi connectivity index (χ0) is 11.5. The lowest BCUT2D eigenvalue weighted by molar-refractivity contribution is 0.0635. The summed E-state index contributed by atoms with van der Waals surface area (Å²) in [5, 5.41) is 2.27. The van der Waals surface area contributed by atoms with Crippen LogP contribution < -0.4 is 5.32 Å². The van der Waals surface area contributed by atoms with Crippen LogP contribution in [0.15, 0.2) is 18.5 Å². The van der Waals surface area contributed by atoms with Crippen LogP contribution in [0.25, 0.3) is 0 Å². The molecule has 1 rings (SSSR count). The van der Waals surface area contributed by atoms with Crippen molar-refractivity contribution >= 4 is 11.8 Å². The van der Waals surface area contributed by atoms with Crippen molar-refractivity contribution in [3.8, 4) is 0 Å². The molecule has 1 N–H and O–H groups in total. The smallest absolute Gasteiger partial charge is 0.412 e. The molecule has 1 aromatic heterocycles. The van der Waals surface area contributed by atoms with Crippen LogP contribution in [0.1, 0.15) is 20.8 Å². The van der Waals surface area contributed by atoms with Gasteiger partial charge in [0.1, 0.15) is 11.4 Å². The molecule has 0 aliphatic carbocycles. The van der Waals surface area contributed by atoms with Gasteiger partial charge >= 0.3 is 6.09 Å². The van der Waals surface area contributed by atoms with Gasteiger partial charge in [-0.05, 0) is 26.8 Å². The Morgan fingerprint density at radius 1 is 1.53 bits per heavy atom. The number of nitrogens with one attached hydrogen (secondary N) is 1. The van der Waals surface area contributed by atoms with Gasteiger partial charge in [-0.1, -0.05) is 0 Å². The Hall–Kier alpha value is -1.65. The Labute approximate surface area is 87.5 Å². The molecular weight excluding hydrogens is 199 g/mol. The van der Waals surface area contributed by atoms with Crippen molar-refractivity contribution in [3.63, 3.8) is 0 Å². The van der Waals surface area contributed by atoms with Crippen molar-refractivity contribution < 1.29 is 13.9 Å². The largest absolute Gasteiger partial charge is 0.444 e. The van der Waals surface area contributed by atoms with Crippen LogP contribution in [0.2, 0.25) is 0 Å². The molecule has 0 radical (unpaired) electrons. The summed E-state index contributed by atoms with van der Waals surface area (Å²) in [6.45, 7) is 5.19. The van der Waals surface area contributed by atoms with E-state index in [1.807, 2.05) is 0 Å². The molecule has 82 valence electrons. The number of amides is 1. The van der Waals surface area contributed by atoms with E-state index in [2.05, 4.69) is 10.3 Å². The van der Waals surface area contributed by atoms with E-state index in [1.165, 1.54) is 12.4 Å². The third-order valence-corrected chi connectivity index (χ3v) is 1.40. The quantitative estimate of drug-likeness (QED) is 0.778. The minimum Gasteiger partial charge on any atom is -0.444 e.